The van der Waals surface area contributed by atoms with Gasteiger partial charge >= 0.3 is 0 Å². The van der Waals surface area contributed by atoms with Crippen LogP contribution in [0.2, 0.25) is 0 Å². The van der Waals surface area contributed by atoms with Crippen molar-refractivity contribution in [1.82, 2.24) is 0 Å². The van der Waals surface area contributed by atoms with E-state index >= 15 is 0 Å². The molecule has 0 aromatic heterocycles. The summed E-state index contributed by atoms with van der Waals surface area (Å²) in [5.41, 5.74) is 4.82. The summed E-state index contributed by atoms with van der Waals surface area (Å²) in [6, 6.07) is 0. The van der Waals surface area contributed by atoms with Gasteiger partial charge in [0.05, 0.1) is 0 Å². The molecular weight excluding hydrogens is 192 g/mol. The first-order valence-corrected chi connectivity index (χ1v) is 6.13. The molecule has 0 N–H and O–H groups in total. The maximum Gasteiger partial charge on any atom is -0.0395 e. The van der Waals surface area contributed by atoms with Crippen molar-refractivity contribution in [3.05, 3.63) is 47.6 Å². The first-order chi connectivity index (χ1) is 7.49. The predicted octanol–water partition coefficient (Wildman–Crippen LogP) is 6.08. The van der Waals surface area contributed by atoms with Gasteiger partial charge in [0, 0.05) is 0 Å². The fraction of sp³-hybridized carbons (Fsp3) is 0.500. The summed E-state index contributed by atoms with van der Waals surface area (Å²) < 4.78 is 0. The van der Waals surface area contributed by atoms with Crippen LogP contribution in [0.3, 0.4) is 0 Å². The van der Waals surface area contributed by atoms with Crippen LogP contribution < -0.4 is 0 Å². The van der Waals surface area contributed by atoms with E-state index in [0.29, 0.717) is 0 Å². The van der Waals surface area contributed by atoms with Crippen molar-refractivity contribution in [3.8, 4) is 0 Å². The molecule has 0 saturated heterocycles. The molecule has 0 saturated carbocycles. The summed E-state index contributed by atoms with van der Waals surface area (Å²) in [7, 11) is 0. The lowest BCUT2D eigenvalue weighted by Gasteiger charge is -2.01. The van der Waals surface area contributed by atoms with E-state index in [0.717, 1.165) is 5.57 Å². The third-order valence-corrected chi connectivity index (χ3v) is 2.03. The van der Waals surface area contributed by atoms with Crippen LogP contribution in [0.4, 0.5) is 0 Å². The van der Waals surface area contributed by atoms with Gasteiger partial charge in [0.2, 0.25) is 0 Å². The van der Waals surface area contributed by atoms with Gasteiger partial charge < -0.3 is 0 Å². The lowest BCUT2D eigenvalue weighted by Crippen LogP contribution is -1.81. The molecule has 0 amide bonds. The molecule has 0 bridgehead atoms. The lowest BCUT2D eigenvalue weighted by molar-refractivity contribution is 1.30. The Kier molecular flexibility index (Phi) is 17.8. The molecule has 0 aliphatic heterocycles. The van der Waals surface area contributed by atoms with Gasteiger partial charge in [0.15, 0.2) is 0 Å². The highest BCUT2D eigenvalue weighted by atomic mass is 14.0. The molecule has 0 heterocycles. The van der Waals surface area contributed by atoms with Crippen LogP contribution in [0.15, 0.2) is 47.6 Å². The molecule has 0 rings (SSSR count). The molecule has 0 aromatic rings. The summed E-state index contributed by atoms with van der Waals surface area (Å²) in [4.78, 5) is 0. The summed E-state index contributed by atoms with van der Waals surface area (Å²) in [6.07, 6.45) is 4.01. The SMILES string of the molecule is C=C/C(C)=C(C)\C=C(\C)C(=C)C.CC.CC. The monoisotopic (exact) mass is 222 g/mol. The van der Waals surface area contributed by atoms with Crippen molar-refractivity contribution in [2.75, 3.05) is 0 Å². The zero-order chi connectivity index (χ0) is 13.7. The molecule has 0 aliphatic rings. The highest BCUT2D eigenvalue weighted by Crippen LogP contribution is 2.12. The van der Waals surface area contributed by atoms with Crippen LogP contribution in [0, 0.1) is 0 Å². The third-order valence-electron chi connectivity index (χ3n) is 2.03. The lowest BCUT2D eigenvalue weighted by atomic mass is 10.1. The number of hydrogen-bond acceptors (Lipinski definition) is 0. The molecule has 0 aromatic carbocycles. The Bertz CT molecular complexity index is 249. The second-order valence-corrected chi connectivity index (χ2v) is 3.18. The van der Waals surface area contributed by atoms with E-state index in [1.807, 2.05) is 40.7 Å². The smallest absolute Gasteiger partial charge is 0.0395 e. The average Bonchev–Trinajstić information content (AvgIpc) is 2.32. The molecule has 0 heteroatoms. The topological polar surface area (TPSA) is 0 Å². The van der Waals surface area contributed by atoms with Gasteiger partial charge in [-0.15, -0.1) is 0 Å². The normalized spacial score (nSPS) is 11.1. The minimum Gasteiger partial charge on any atom is -0.0988 e. The van der Waals surface area contributed by atoms with E-state index in [1.54, 1.807) is 0 Å². The van der Waals surface area contributed by atoms with Crippen molar-refractivity contribution in [3.63, 3.8) is 0 Å². The van der Waals surface area contributed by atoms with Gasteiger partial charge in [-0.1, -0.05) is 58.6 Å². The standard InChI is InChI=1S/C12H18.2C2H6/c1-7-10(4)12(6)8-11(5)9(2)3;2*1-2/h7-8H,1-2H2,3-6H3;2*1-2H3/b11-8-,12-10-;;. The maximum atomic E-state index is 3.88. The van der Waals surface area contributed by atoms with E-state index in [9.17, 15) is 0 Å². The van der Waals surface area contributed by atoms with Gasteiger partial charge in [0.1, 0.15) is 0 Å². The average molecular weight is 222 g/mol. The van der Waals surface area contributed by atoms with Crippen LogP contribution in [-0.4, -0.2) is 0 Å². The summed E-state index contributed by atoms with van der Waals surface area (Å²) in [5, 5.41) is 0. The zero-order valence-corrected chi connectivity index (χ0v) is 12.6. The maximum absolute atomic E-state index is 3.88. The number of allylic oxidation sites excluding steroid dienone is 6. The molecule has 0 aliphatic carbocycles. The minimum absolute atomic E-state index is 1.12. The Morgan fingerprint density at radius 2 is 1.19 bits per heavy atom. The van der Waals surface area contributed by atoms with Crippen LogP contribution in [0.5, 0.6) is 0 Å². The largest absolute Gasteiger partial charge is 0.0988 e. The fourth-order valence-electron chi connectivity index (χ4n) is 0.723. The molecule has 0 atom stereocenters. The third kappa shape index (κ3) is 11.0. The molecule has 0 spiro atoms. The Morgan fingerprint density at radius 3 is 1.44 bits per heavy atom. The minimum atomic E-state index is 1.12. The molecule has 0 fully saturated rings. The highest BCUT2D eigenvalue weighted by Gasteiger charge is 1.92. The number of rotatable bonds is 3. The first-order valence-electron chi connectivity index (χ1n) is 6.13. The summed E-state index contributed by atoms with van der Waals surface area (Å²) in [6.45, 7) is 23.8. The van der Waals surface area contributed by atoms with Crippen LogP contribution in [0.1, 0.15) is 55.4 Å². The van der Waals surface area contributed by atoms with E-state index < -0.39 is 0 Å². The van der Waals surface area contributed by atoms with Gasteiger partial charge in [-0.2, -0.15) is 0 Å². The molecule has 16 heavy (non-hydrogen) atoms. The van der Waals surface area contributed by atoms with E-state index in [4.69, 9.17) is 0 Å². The Balaban J connectivity index is -0.000000376. The van der Waals surface area contributed by atoms with E-state index in [-0.39, 0.29) is 0 Å². The molecule has 0 radical (unpaired) electrons. The van der Waals surface area contributed by atoms with Gasteiger partial charge in [-0.3, -0.25) is 0 Å². The van der Waals surface area contributed by atoms with Crippen molar-refractivity contribution < 1.29 is 0 Å². The Hall–Kier alpha value is -1.04. The van der Waals surface area contributed by atoms with Crippen LogP contribution >= 0.6 is 0 Å². The van der Waals surface area contributed by atoms with E-state index in [2.05, 4.69) is 40.0 Å². The quantitative estimate of drug-likeness (QED) is 0.507. The predicted molar refractivity (Wildman–Crippen MR) is 79.8 cm³/mol. The zero-order valence-electron chi connectivity index (χ0n) is 12.6. The Labute approximate surface area is 103 Å². The van der Waals surface area contributed by atoms with Gasteiger partial charge in [-0.05, 0) is 44.4 Å². The molecule has 0 nitrogen and oxygen atoms in total. The summed E-state index contributed by atoms with van der Waals surface area (Å²) in [5.74, 6) is 0. The molecule has 94 valence electrons. The van der Waals surface area contributed by atoms with Crippen molar-refractivity contribution in [2.24, 2.45) is 0 Å². The fourth-order valence-corrected chi connectivity index (χ4v) is 0.723. The van der Waals surface area contributed by atoms with Crippen LogP contribution in [0.25, 0.3) is 0 Å². The second kappa shape index (κ2) is 14.0. The number of hydrogen-bond donors (Lipinski definition) is 0. The Morgan fingerprint density at radius 1 is 0.812 bits per heavy atom. The van der Waals surface area contributed by atoms with E-state index in [1.165, 1.54) is 16.7 Å². The highest BCUT2D eigenvalue weighted by molar-refractivity contribution is 5.36. The van der Waals surface area contributed by atoms with Crippen LogP contribution in [-0.2, 0) is 0 Å². The summed E-state index contributed by atoms with van der Waals surface area (Å²) >= 11 is 0. The second-order valence-electron chi connectivity index (χ2n) is 3.18. The molecule has 0 unspecified atom stereocenters. The van der Waals surface area contributed by atoms with Crippen molar-refractivity contribution >= 4 is 0 Å². The van der Waals surface area contributed by atoms with Gasteiger partial charge in [-0.25, -0.2) is 0 Å². The molecular formula is C16H30. The first kappa shape index (κ1) is 20.4. The van der Waals surface area contributed by atoms with Crippen molar-refractivity contribution in [1.29, 1.82) is 0 Å². The van der Waals surface area contributed by atoms with Gasteiger partial charge in [0.25, 0.3) is 0 Å². The van der Waals surface area contributed by atoms with Crippen molar-refractivity contribution in [2.45, 2.75) is 55.4 Å².